The second-order valence-electron chi connectivity index (χ2n) is 11.8. The van der Waals surface area contributed by atoms with Crippen molar-refractivity contribution in [2.75, 3.05) is 26.2 Å². The molecule has 2 aromatic carbocycles. The van der Waals surface area contributed by atoms with E-state index in [-0.39, 0.29) is 20.1 Å². The van der Waals surface area contributed by atoms with Crippen LogP contribution in [-0.4, -0.2) is 63.2 Å². The van der Waals surface area contributed by atoms with Crippen LogP contribution in [0, 0.1) is 29.6 Å². The van der Waals surface area contributed by atoms with Gasteiger partial charge in [0.2, 0.25) is 5.91 Å². The Balaban J connectivity index is 0.00000140. The number of amides is 2. The molecule has 3 aromatic rings. The van der Waals surface area contributed by atoms with Crippen molar-refractivity contribution >= 4 is 22.8 Å². The third-order valence-corrected chi connectivity index (χ3v) is 9.41. The number of carbonyl (C=O) groups excluding carboxylic acids is 2. The fourth-order valence-corrected chi connectivity index (χ4v) is 7.73. The lowest BCUT2D eigenvalue weighted by molar-refractivity contribution is -0.135. The van der Waals surface area contributed by atoms with Crippen LogP contribution in [0.15, 0.2) is 42.5 Å². The minimum atomic E-state index is 0. The number of aromatic amines is 1. The van der Waals surface area contributed by atoms with Crippen molar-refractivity contribution in [2.45, 2.75) is 32.1 Å². The van der Waals surface area contributed by atoms with Crippen LogP contribution < -0.4 is 0 Å². The first-order chi connectivity index (χ1) is 16.9. The summed E-state index contributed by atoms with van der Waals surface area (Å²) in [7, 11) is 0. The molecule has 2 aliphatic carbocycles. The van der Waals surface area contributed by atoms with Crippen LogP contribution in [0.1, 0.15) is 44.6 Å². The number of fused-ring (bicyclic) bond motifs is 6. The molecule has 2 aliphatic heterocycles. The van der Waals surface area contributed by atoms with Gasteiger partial charge in [0.05, 0.1) is 0 Å². The smallest absolute Gasteiger partial charge is 0.253 e. The molecule has 0 bridgehead atoms. The Hall–Kier alpha value is -3.22. The lowest BCUT2D eigenvalue weighted by Gasteiger charge is -2.42. The molecule has 2 amide bonds. The zero-order valence-electron chi connectivity index (χ0n) is 20.3. The summed E-state index contributed by atoms with van der Waals surface area (Å²) < 4.78 is 0. The van der Waals surface area contributed by atoms with Gasteiger partial charge in [-0.25, -0.2) is 0 Å². The van der Waals surface area contributed by atoms with E-state index < -0.39 is 0 Å². The van der Waals surface area contributed by atoms with Crippen LogP contribution in [-0.2, 0) is 16.6 Å². The topological polar surface area (TPSA) is 82.2 Å². The van der Waals surface area contributed by atoms with Gasteiger partial charge in [0.25, 0.3) is 5.91 Å². The molecule has 35 heavy (non-hydrogen) atoms. The summed E-state index contributed by atoms with van der Waals surface area (Å²) in [6, 6.07) is 14.1. The molecule has 0 spiro atoms. The van der Waals surface area contributed by atoms with E-state index in [1.54, 1.807) is 0 Å². The molecule has 3 unspecified atom stereocenters. The predicted octanol–water partition coefficient (Wildman–Crippen LogP) is 3.77. The van der Waals surface area contributed by atoms with E-state index >= 15 is 0 Å². The molecule has 2 saturated heterocycles. The van der Waals surface area contributed by atoms with Gasteiger partial charge in [-0.15, -0.1) is 0 Å². The molecule has 3 heterocycles. The first kappa shape index (κ1) is 21.1. The summed E-state index contributed by atoms with van der Waals surface area (Å²) in [6.45, 7) is 7.86. The second kappa shape index (κ2) is 7.39. The molecular weight excluding hydrogens is 438 g/mol. The highest BCUT2D eigenvalue weighted by Crippen LogP contribution is 2.54. The normalized spacial score (nSPS) is 30.5. The summed E-state index contributed by atoms with van der Waals surface area (Å²) in [6.07, 6.45) is 1.77. The van der Waals surface area contributed by atoms with Crippen molar-refractivity contribution in [1.29, 1.82) is 0 Å². The van der Waals surface area contributed by atoms with Crippen molar-refractivity contribution in [1.82, 2.24) is 25.2 Å². The minimum absolute atomic E-state index is 0. The van der Waals surface area contributed by atoms with Gasteiger partial charge in [0.15, 0.2) is 0 Å². The molecule has 7 rings (SSSR count). The number of nitrogens with zero attached hydrogens (tertiary/aromatic N) is 4. The molecular formula is C28H35N5O2. The van der Waals surface area contributed by atoms with E-state index in [1.807, 2.05) is 23.1 Å². The second-order valence-corrected chi connectivity index (χ2v) is 11.8. The standard InChI is InChI=1S/C28H31N5O2.2H2/c1-28(2)11-18(9-16-5-3-4-6-23(16)28)27(35)33-14-21-19-12-32(13-20(19)22(21)15-33)26(34)17-7-8-24-25(10-17)30-31-29-24;;/h3-8,10,18-22H,9,11-15H2,1-2H3,(H,29,30,31);2*1H/t18?,19-,20+,21?,22?;;. The molecule has 0 radical (unpaired) electrons. The van der Waals surface area contributed by atoms with Gasteiger partial charge in [-0.05, 0) is 71.3 Å². The van der Waals surface area contributed by atoms with Crippen molar-refractivity contribution < 1.29 is 12.4 Å². The molecule has 184 valence electrons. The summed E-state index contributed by atoms with van der Waals surface area (Å²) >= 11 is 0. The van der Waals surface area contributed by atoms with Crippen molar-refractivity contribution in [3.8, 4) is 0 Å². The fourth-order valence-electron chi connectivity index (χ4n) is 7.73. The molecule has 1 N–H and O–H groups in total. The highest BCUT2D eigenvalue weighted by Gasteiger charge is 2.59. The van der Waals surface area contributed by atoms with Gasteiger partial charge in [-0.3, -0.25) is 9.59 Å². The monoisotopic (exact) mass is 473 g/mol. The van der Waals surface area contributed by atoms with Gasteiger partial charge in [0.1, 0.15) is 11.0 Å². The van der Waals surface area contributed by atoms with Crippen LogP contribution in [0.5, 0.6) is 0 Å². The van der Waals surface area contributed by atoms with E-state index in [0.29, 0.717) is 35.1 Å². The highest BCUT2D eigenvalue weighted by atomic mass is 16.2. The maximum atomic E-state index is 13.6. The Bertz CT molecular complexity index is 1340. The van der Waals surface area contributed by atoms with Crippen molar-refractivity contribution in [3.05, 3.63) is 59.2 Å². The average Bonchev–Trinajstić information content (AvgIpc) is 3.56. The summed E-state index contributed by atoms with van der Waals surface area (Å²) in [5.41, 5.74) is 4.92. The summed E-state index contributed by atoms with van der Waals surface area (Å²) in [5.74, 6) is 2.59. The molecule has 4 aliphatic rings. The number of hydrogen-bond donors (Lipinski definition) is 1. The molecule has 1 aromatic heterocycles. The number of benzene rings is 2. The molecule has 1 saturated carbocycles. The van der Waals surface area contributed by atoms with E-state index in [0.717, 1.165) is 50.1 Å². The number of H-pyrrole nitrogens is 1. The van der Waals surface area contributed by atoms with E-state index in [2.05, 4.69) is 58.4 Å². The van der Waals surface area contributed by atoms with Crippen LogP contribution in [0.4, 0.5) is 0 Å². The minimum Gasteiger partial charge on any atom is -0.342 e. The van der Waals surface area contributed by atoms with Gasteiger partial charge < -0.3 is 9.80 Å². The molecule has 7 heteroatoms. The lowest BCUT2D eigenvalue weighted by atomic mass is 9.60. The fraction of sp³-hybridized carbons (Fsp3) is 0.500. The van der Waals surface area contributed by atoms with Gasteiger partial charge in [-0.2, -0.15) is 15.4 Å². The van der Waals surface area contributed by atoms with Crippen molar-refractivity contribution in [2.24, 2.45) is 29.6 Å². The largest absolute Gasteiger partial charge is 0.342 e. The first-order valence-electron chi connectivity index (χ1n) is 12.9. The molecule has 7 nitrogen and oxygen atoms in total. The van der Waals surface area contributed by atoms with E-state index in [9.17, 15) is 9.59 Å². The SMILES string of the molecule is CC1(C)CC(C(=O)N2CC3C(C2)[C@@H]2CN(C(=O)c4ccc5n[nH]nc5c4)C[C@H]32)Cc2ccccc21.[HH].[HH]. The Morgan fingerprint density at radius 2 is 1.57 bits per heavy atom. The zero-order chi connectivity index (χ0) is 23.9. The number of likely N-dealkylation sites (tertiary alicyclic amines) is 2. The third kappa shape index (κ3) is 3.16. The van der Waals surface area contributed by atoms with Crippen LogP contribution in [0.2, 0.25) is 0 Å². The average molecular weight is 474 g/mol. The van der Waals surface area contributed by atoms with Gasteiger partial charge in [-0.1, -0.05) is 38.1 Å². The highest BCUT2D eigenvalue weighted by molar-refractivity contribution is 5.97. The van der Waals surface area contributed by atoms with Crippen LogP contribution in [0.3, 0.4) is 0 Å². The van der Waals surface area contributed by atoms with Crippen LogP contribution >= 0.6 is 0 Å². The zero-order valence-corrected chi connectivity index (χ0v) is 20.3. The Morgan fingerprint density at radius 3 is 2.31 bits per heavy atom. The Labute approximate surface area is 207 Å². The number of rotatable bonds is 2. The lowest BCUT2D eigenvalue weighted by Crippen LogP contribution is -2.44. The molecule has 5 atom stereocenters. The number of nitrogens with one attached hydrogen (secondary N) is 1. The van der Waals surface area contributed by atoms with Gasteiger partial charge in [0, 0.05) is 40.5 Å². The van der Waals surface area contributed by atoms with Gasteiger partial charge >= 0.3 is 0 Å². The van der Waals surface area contributed by atoms with E-state index in [1.165, 1.54) is 11.1 Å². The Morgan fingerprint density at radius 1 is 0.914 bits per heavy atom. The number of hydrogen-bond acceptors (Lipinski definition) is 4. The summed E-state index contributed by atoms with van der Waals surface area (Å²) in [5, 5.41) is 10.8. The maximum absolute atomic E-state index is 13.6. The third-order valence-electron chi connectivity index (χ3n) is 9.41. The maximum Gasteiger partial charge on any atom is 0.253 e. The van der Waals surface area contributed by atoms with Crippen LogP contribution in [0.25, 0.3) is 11.0 Å². The number of carbonyl (C=O) groups is 2. The number of aromatic nitrogens is 3. The molecule has 3 fully saturated rings. The summed E-state index contributed by atoms with van der Waals surface area (Å²) in [4.78, 5) is 31.0. The predicted molar refractivity (Wildman–Crippen MR) is 136 cm³/mol. The van der Waals surface area contributed by atoms with E-state index in [4.69, 9.17) is 0 Å². The van der Waals surface area contributed by atoms with Crippen molar-refractivity contribution in [3.63, 3.8) is 0 Å². The quantitative estimate of drug-likeness (QED) is 0.614. The first-order valence-corrected chi connectivity index (χ1v) is 12.9. The Kier molecular flexibility index (Phi) is 4.45.